The minimum absolute atomic E-state index is 0.106. The van der Waals surface area contributed by atoms with Gasteiger partial charge in [-0.2, -0.15) is 10.5 Å². The molecule has 1 spiro atoms. The van der Waals surface area contributed by atoms with Crippen molar-refractivity contribution in [1.29, 1.82) is 10.5 Å². The molecule has 0 aromatic heterocycles. The topological polar surface area (TPSA) is 109 Å². The number of nitrogens with two attached hydrogens (primary N) is 1. The monoisotopic (exact) mass is 462 g/mol. The van der Waals surface area contributed by atoms with Crippen LogP contribution in [0.2, 0.25) is 0 Å². The van der Waals surface area contributed by atoms with Gasteiger partial charge in [0, 0.05) is 11.1 Å². The van der Waals surface area contributed by atoms with Crippen LogP contribution in [-0.4, -0.2) is 11.4 Å². The number of amides is 1. The zero-order chi connectivity index (χ0) is 24.9. The van der Waals surface area contributed by atoms with E-state index in [1.165, 1.54) is 0 Å². The summed E-state index contributed by atoms with van der Waals surface area (Å²) < 4.78 is 0. The number of anilines is 3. The summed E-state index contributed by atoms with van der Waals surface area (Å²) in [6, 6.07) is 16.4. The van der Waals surface area contributed by atoms with Crippen LogP contribution in [0.1, 0.15) is 56.7 Å². The molecule has 0 unspecified atom stereocenters. The SMILES string of the molecule is CCc1cc2c3c(c1)[C@@]1(C(=O)N3C(C)(C)C[C@H]2C)C(C#N)=C(N)N2C(=C1C#N)Nc1ccccc12. The van der Waals surface area contributed by atoms with E-state index in [2.05, 4.69) is 51.2 Å². The highest BCUT2D eigenvalue weighted by Crippen LogP contribution is 2.61. The summed E-state index contributed by atoms with van der Waals surface area (Å²) in [5.41, 5.74) is 10.2. The normalized spacial score (nSPS) is 25.2. The summed E-state index contributed by atoms with van der Waals surface area (Å²) in [6.45, 7) is 8.36. The van der Waals surface area contributed by atoms with Crippen LogP contribution in [0.4, 0.5) is 17.1 Å². The van der Waals surface area contributed by atoms with Crippen molar-refractivity contribution in [2.75, 3.05) is 15.1 Å². The fourth-order valence-corrected chi connectivity index (χ4v) is 6.62. The molecule has 0 saturated carbocycles. The molecule has 2 aromatic rings. The Kier molecular flexibility index (Phi) is 4.06. The van der Waals surface area contributed by atoms with Crippen LogP contribution in [-0.2, 0) is 16.6 Å². The van der Waals surface area contributed by atoms with Gasteiger partial charge in [0.25, 0.3) is 0 Å². The first-order chi connectivity index (χ1) is 16.7. The Morgan fingerprint density at radius 2 is 1.89 bits per heavy atom. The summed E-state index contributed by atoms with van der Waals surface area (Å²) >= 11 is 0. The van der Waals surface area contributed by atoms with E-state index in [1.807, 2.05) is 35.2 Å². The van der Waals surface area contributed by atoms with Crippen molar-refractivity contribution in [3.8, 4) is 12.1 Å². The Labute approximate surface area is 204 Å². The minimum atomic E-state index is -1.59. The minimum Gasteiger partial charge on any atom is -0.384 e. The Bertz CT molecular complexity index is 1500. The number of fused-ring (bicyclic) bond motifs is 4. The molecule has 4 heterocycles. The zero-order valence-electron chi connectivity index (χ0n) is 20.2. The average Bonchev–Trinajstić information content (AvgIpc) is 3.33. The van der Waals surface area contributed by atoms with E-state index in [1.54, 1.807) is 4.90 Å². The van der Waals surface area contributed by atoms with Crippen molar-refractivity contribution in [2.45, 2.75) is 57.4 Å². The van der Waals surface area contributed by atoms with Gasteiger partial charge in [-0.05, 0) is 55.9 Å². The van der Waals surface area contributed by atoms with E-state index in [0.29, 0.717) is 11.4 Å². The third-order valence-corrected chi connectivity index (χ3v) is 8.03. The summed E-state index contributed by atoms with van der Waals surface area (Å²) in [7, 11) is 0. The van der Waals surface area contributed by atoms with Crippen LogP contribution in [0.5, 0.6) is 0 Å². The largest absolute Gasteiger partial charge is 0.384 e. The number of para-hydroxylation sites is 2. The van der Waals surface area contributed by atoms with E-state index in [9.17, 15) is 15.3 Å². The van der Waals surface area contributed by atoms with Crippen LogP contribution in [0.25, 0.3) is 0 Å². The molecule has 174 valence electrons. The maximum absolute atomic E-state index is 14.7. The number of carbonyl (C=O) groups excluding carboxylic acids is 1. The van der Waals surface area contributed by atoms with Gasteiger partial charge in [0.1, 0.15) is 23.8 Å². The van der Waals surface area contributed by atoms with E-state index < -0.39 is 11.0 Å². The summed E-state index contributed by atoms with van der Waals surface area (Å²) in [6.07, 6.45) is 1.56. The van der Waals surface area contributed by atoms with Crippen molar-refractivity contribution in [3.05, 3.63) is 75.9 Å². The lowest BCUT2D eigenvalue weighted by Crippen LogP contribution is -2.55. The molecule has 4 aliphatic heterocycles. The van der Waals surface area contributed by atoms with Crippen molar-refractivity contribution < 1.29 is 4.79 Å². The maximum atomic E-state index is 14.7. The van der Waals surface area contributed by atoms with Gasteiger partial charge in [-0.3, -0.25) is 9.69 Å². The molecule has 6 rings (SSSR count). The van der Waals surface area contributed by atoms with Crippen LogP contribution in [0, 0.1) is 22.7 Å². The molecule has 35 heavy (non-hydrogen) atoms. The molecule has 3 N–H and O–H groups in total. The van der Waals surface area contributed by atoms with Crippen LogP contribution in [0.3, 0.4) is 0 Å². The van der Waals surface area contributed by atoms with Gasteiger partial charge in [-0.15, -0.1) is 0 Å². The van der Waals surface area contributed by atoms with Gasteiger partial charge in [0.15, 0.2) is 5.41 Å². The molecule has 0 aliphatic carbocycles. The lowest BCUT2D eigenvalue weighted by molar-refractivity contribution is -0.122. The van der Waals surface area contributed by atoms with Crippen molar-refractivity contribution in [2.24, 2.45) is 5.73 Å². The van der Waals surface area contributed by atoms with Crippen molar-refractivity contribution in [3.63, 3.8) is 0 Å². The number of nitriles is 2. The first-order valence-corrected chi connectivity index (χ1v) is 12.0. The smallest absolute Gasteiger partial charge is 0.249 e. The molecule has 0 fully saturated rings. The Hall–Kier alpha value is -4.23. The highest BCUT2D eigenvalue weighted by molar-refractivity contribution is 6.17. The van der Waals surface area contributed by atoms with Crippen molar-refractivity contribution >= 4 is 23.0 Å². The highest BCUT2D eigenvalue weighted by atomic mass is 16.2. The Morgan fingerprint density at radius 3 is 2.57 bits per heavy atom. The molecule has 0 bridgehead atoms. The fraction of sp³-hybridized carbons (Fsp3) is 0.321. The van der Waals surface area contributed by atoms with Gasteiger partial charge >= 0.3 is 0 Å². The maximum Gasteiger partial charge on any atom is 0.249 e. The van der Waals surface area contributed by atoms with Crippen LogP contribution >= 0.6 is 0 Å². The van der Waals surface area contributed by atoms with E-state index in [4.69, 9.17) is 5.73 Å². The molecule has 7 nitrogen and oxygen atoms in total. The Balaban J connectivity index is 1.77. The summed E-state index contributed by atoms with van der Waals surface area (Å²) in [5.74, 6) is 0.567. The molecule has 0 radical (unpaired) electrons. The van der Waals surface area contributed by atoms with Gasteiger partial charge in [0.05, 0.1) is 28.2 Å². The summed E-state index contributed by atoms with van der Waals surface area (Å²) in [5, 5.41) is 24.5. The zero-order valence-corrected chi connectivity index (χ0v) is 20.2. The number of aryl methyl sites for hydroxylation is 1. The molecule has 0 saturated heterocycles. The molecule has 7 heteroatoms. The van der Waals surface area contributed by atoms with E-state index in [0.717, 1.165) is 41.0 Å². The predicted molar refractivity (Wildman–Crippen MR) is 134 cm³/mol. The Morgan fingerprint density at radius 1 is 1.17 bits per heavy atom. The third-order valence-electron chi connectivity index (χ3n) is 8.03. The number of hydrogen-bond acceptors (Lipinski definition) is 6. The third kappa shape index (κ3) is 2.31. The number of hydrogen-bond donors (Lipinski definition) is 2. The van der Waals surface area contributed by atoms with Gasteiger partial charge in [-0.25, -0.2) is 0 Å². The first kappa shape index (κ1) is 21.3. The second-order valence-electron chi connectivity index (χ2n) is 10.4. The molecule has 4 aliphatic rings. The first-order valence-electron chi connectivity index (χ1n) is 12.0. The van der Waals surface area contributed by atoms with E-state index in [-0.39, 0.29) is 28.8 Å². The predicted octanol–water partition coefficient (Wildman–Crippen LogP) is 4.49. The number of rotatable bonds is 1. The molecule has 2 aromatic carbocycles. The second kappa shape index (κ2) is 6.67. The lowest BCUT2D eigenvalue weighted by atomic mass is 9.67. The average molecular weight is 463 g/mol. The highest BCUT2D eigenvalue weighted by Gasteiger charge is 2.65. The quantitative estimate of drug-likeness (QED) is 0.646. The van der Waals surface area contributed by atoms with E-state index >= 15 is 0 Å². The standard InChI is InChI=1S/C28H26N6O/c1-5-16-10-17-15(2)12-27(3,4)34-23(17)18(11-16)28(26(34)35)19(13-29)24(31)33-22-9-7-6-8-21(22)32-25(33)20(28)14-30/h6-11,15,32H,5,12,31H2,1-4H3/t15-,28-/m1/s1. The number of nitrogens with one attached hydrogen (secondary N) is 1. The molecule has 1 amide bonds. The molecular formula is C28H26N6O. The van der Waals surface area contributed by atoms with Gasteiger partial charge < -0.3 is 16.0 Å². The number of nitrogens with zero attached hydrogens (tertiary/aromatic N) is 4. The second-order valence-corrected chi connectivity index (χ2v) is 10.4. The van der Waals surface area contributed by atoms with Crippen LogP contribution < -0.4 is 20.9 Å². The van der Waals surface area contributed by atoms with Gasteiger partial charge in [-0.1, -0.05) is 38.1 Å². The summed E-state index contributed by atoms with van der Waals surface area (Å²) in [4.78, 5) is 18.2. The van der Waals surface area contributed by atoms with Gasteiger partial charge in [0.2, 0.25) is 5.91 Å². The van der Waals surface area contributed by atoms with Crippen LogP contribution in [0.15, 0.2) is 59.2 Å². The van der Waals surface area contributed by atoms with Crippen molar-refractivity contribution in [1.82, 2.24) is 0 Å². The lowest BCUT2D eigenvalue weighted by Gasteiger charge is -2.44. The molecular weight excluding hydrogens is 436 g/mol. The fourth-order valence-electron chi connectivity index (χ4n) is 6.62. The molecule has 2 atom stereocenters. The number of carbonyl (C=O) groups is 1. The number of benzene rings is 2.